The highest BCUT2D eigenvalue weighted by atomic mass is 16.3. The largest absolute Gasteiger partial charge is 0.508 e. The van der Waals surface area contributed by atoms with Crippen molar-refractivity contribution >= 4 is 0 Å². The van der Waals surface area contributed by atoms with Gasteiger partial charge in [0.05, 0.1) is 0 Å². The second-order valence-corrected chi connectivity index (χ2v) is 4.89. The van der Waals surface area contributed by atoms with Crippen LogP contribution >= 0.6 is 0 Å². The van der Waals surface area contributed by atoms with E-state index in [0.717, 1.165) is 12.1 Å². The lowest BCUT2D eigenvalue weighted by molar-refractivity contribution is 0.216. The number of aromatic hydroxyl groups is 1. The van der Waals surface area contributed by atoms with E-state index in [2.05, 4.69) is 11.0 Å². The molecule has 0 saturated carbocycles. The first-order chi connectivity index (χ1) is 8.29. The van der Waals surface area contributed by atoms with Crippen molar-refractivity contribution in [3.8, 4) is 5.75 Å². The van der Waals surface area contributed by atoms with Crippen molar-refractivity contribution in [1.82, 2.24) is 4.90 Å². The average Bonchev–Trinajstić information content (AvgIpc) is 2.37. The summed E-state index contributed by atoms with van der Waals surface area (Å²) in [5, 5.41) is 9.51. The van der Waals surface area contributed by atoms with Crippen molar-refractivity contribution in [3.63, 3.8) is 0 Å². The standard InChI is InChI=1S/C14H22N2O/c15-10-13(11-16-7-2-1-3-8-16)12-5-4-6-14(17)9-12/h4-6,9,13,17H,1-3,7-8,10-11,15H2. The van der Waals surface area contributed by atoms with E-state index in [1.165, 1.54) is 32.4 Å². The second kappa shape index (κ2) is 6.03. The first-order valence-electron chi connectivity index (χ1n) is 6.51. The third-order valence-electron chi connectivity index (χ3n) is 3.55. The summed E-state index contributed by atoms with van der Waals surface area (Å²) < 4.78 is 0. The lowest BCUT2D eigenvalue weighted by atomic mass is 9.97. The molecule has 1 saturated heterocycles. The highest BCUT2D eigenvalue weighted by molar-refractivity contribution is 5.30. The molecule has 2 rings (SSSR count). The van der Waals surface area contributed by atoms with E-state index in [0.29, 0.717) is 18.2 Å². The minimum Gasteiger partial charge on any atom is -0.508 e. The number of phenols is 1. The van der Waals surface area contributed by atoms with E-state index in [9.17, 15) is 5.11 Å². The molecule has 17 heavy (non-hydrogen) atoms. The molecule has 0 aliphatic carbocycles. The molecule has 3 heteroatoms. The van der Waals surface area contributed by atoms with Gasteiger partial charge in [-0.05, 0) is 43.6 Å². The van der Waals surface area contributed by atoms with Gasteiger partial charge in [0, 0.05) is 19.0 Å². The fraction of sp³-hybridized carbons (Fsp3) is 0.571. The third kappa shape index (κ3) is 3.45. The van der Waals surface area contributed by atoms with Gasteiger partial charge in [-0.2, -0.15) is 0 Å². The van der Waals surface area contributed by atoms with Crippen LogP contribution in [0.1, 0.15) is 30.7 Å². The fourth-order valence-corrected chi connectivity index (χ4v) is 2.55. The van der Waals surface area contributed by atoms with Gasteiger partial charge in [-0.1, -0.05) is 18.6 Å². The van der Waals surface area contributed by atoms with Crippen molar-refractivity contribution in [3.05, 3.63) is 29.8 Å². The first-order valence-corrected chi connectivity index (χ1v) is 6.51. The quantitative estimate of drug-likeness (QED) is 0.837. The number of piperidine rings is 1. The Morgan fingerprint density at radius 1 is 1.24 bits per heavy atom. The van der Waals surface area contributed by atoms with Gasteiger partial charge in [-0.25, -0.2) is 0 Å². The SMILES string of the molecule is NCC(CN1CCCCC1)c1cccc(O)c1. The number of hydrogen-bond acceptors (Lipinski definition) is 3. The molecule has 94 valence electrons. The van der Waals surface area contributed by atoms with Crippen LogP contribution in [0.3, 0.4) is 0 Å². The molecule has 0 amide bonds. The van der Waals surface area contributed by atoms with Gasteiger partial charge in [-0.15, -0.1) is 0 Å². The highest BCUT2D eigenvalue weighted by Crippen LogP contribution is 2.21. The fourth-order valence-electron chi connectivity index (χ4n) is 2.55. The van der Waals surface area contributed by atoms with Crippen LogP contribution in [0.15, 0.2) is 24.3 Å². The van der Waals surface area contributed by atoms with E-state index in [-0.39, 0.29) is 0 Å². The topological polar surface area (TPSA) is 49.5 Å². The molecule has 1 aliphatic heterocycles. The van der Waals surface area contributed by atoms with Crippen molar-refractivity contribution < 1.29 is 5.11 Å². The summed E-state index contributed by atoms with van der Waals surface area (Å²) in [5.74, 6) is 0.666. The van der Waals surface area contributed by atoms with E-state index in [1.807, 2.05) is 12.1 Å². The van der Waals surface area contributed by atoms with Gasteiger partial charge in [0.25, 0.3) is 0 Å². The van der Waals surface area contributed by atoms with Crippen LogP contribution in [0.2, 0.25) is 0 Å². The molecular weight excluding hydrogens is 212 g/mol. The minimum atomic E-state index is 0.333. The molecule has 1 fully saturated rings. The lowest BCUT2D eigenvalue weighted by Gasteiger charge is -2.30. The summed E-state index contributed by atoms with van der Waals surface area (Å²) >= 11 is 0. The highest BCUT2D eigenvalue weighted by Gasteiger charge is 2.17. The Labute approximate surface area is 103 Å². The predicted octanol–water partition coefficient (Wildman–Crippen LogP) is 1.92. The molecule has 0 radical (unpaired) electrons. The number of nitrogens with zero attached hydrogens (tertiary/aromatic N) is 1. The van der Waals surface area contributed by atoms with Crippen LogP contribution in [-0.4, -0.2) is 36.2 Å². The second-order valence-electron chi connectivity index (χ2n) is 4.89. The summed E-state index contributed by atoms with van der Waals surface area (Å²) in [6, 6.07) is 7.49. The lowest BCUT2D eigenvalue weighted by Crippen LogP contribution is -2.35. The Kier molecular flexibility index (Phi) is 4.40. The van der Waals surface area contributed by atoms with Crippen molar-refractivity contribution in [2.24, 2.45) is 5.73 Å². The van der Waals surface area contributed by atoms with Gasteiger partial charge in [0.2, 0.25) is 0 Å². The van der Waals surface area contributed by atoms with E-state index in [1.54, 1.807) is 6.07 Å². The molecule has 1 aromatic rings. The zero-order valence-electron chi connectivity index (χ0n) is 10.3. The van der Waals surface area contributed by atoms with Gasteiger partial charge in [-0.3, -0.25) is 0 Å². The Bertz CT molecular complexity index is 348. The van der Waals surface area contributed by atoms with Gasteiger partial charge < -0.3 is 15.7 Å². The number of likely N-dealkylation sites (tertiary alicyclic amines) is 1. The van der Waals surface area contributed by atoms with Gasteiger partial charge in [0.15, 0.2) is 0 Å². The smallest absolute Gasteiger partial charge is 0.115 e. The van der Waals surface area contributed by atoms with Crippen LogP contribution in [0.4, 0.5) is 0 Å². The molecule has 1 atom stereocenters. The van der Waals surface area contributed by atoms with Crippen molar-refractivity contribution in [2.75, 3.05) is 26.2 Å². The molecule has 0 spiro atoms. The molecular formula is C14H22N2O. The summed E-state index contributed by atoms with van der Waals surface area (Å²) in [6.07, 6.45) is 3.96. The normalized spacial score (nSPS) is 19.1. The summed E-state index contributed by atoms with van der Waals surface area (Å²) in [7, 11) is 0. The van der Waals surface area contributed by atoms with Crippen LogP contribution in [0.25, 0.3) is 0 Å². The van der Waals surface area contributed by atoms with Crippen LogP contribution in [0, 0.1) is 0 Å². The Balaban J connectivity index is 2.00. The molecule has 1 heterocycles. The van der Waals surface area contributed by atoms with Gasteiger partial charge in [0.1, 0.15) is 5.75 Å². The zero-order chi connectivity index (χ0) is 12.1. The maximum atomic E-state index is 9.51. The molecule has 3 N–H and O–H groups in total. The maximum absolute atomic E-state index is 9.51. The third-order valence-corrected chi connectivity index (χ3v) is 3.55. The van der Waals surface area contributed by atoms with Crippen molar-refractivity contribution in [1.29, 1.82) is 0 Å². The molecule has 1 aromatic carbocycles. The van der Waals surface area contributed by atoms with Crippen molar-refractivity contribution in [2.45, 2.75) is 25.2 Å². The summed E-state index contributed by atoms with van der Waals surface area (Å²) in [4.78, 5) is 2.49. The van der Waals surface area contributed by atoms with E-state index < -0.39 is 0 Å². The Morgan fingerprint density at radius 2 is 2.00 bits per heavy atom. The average molecular weight is 234 g/mol. The van der Waals surface area contributed by atoms with E-state index in [4.69, 9.17) is 5.73 Å². The Morgan fingerprint density at radius 3 is 2.65 bits per heavy atom. The van der Waals surface area contributed by atoms with Gasteiger partial charge >= 0.3 is 0 Å². The van der Waals surface area contributed by atoms with Crippen LogP contribution in [-0.2, 0) is 0 Å². The summed E-state index contributed by atoms with van der Waals surface area (Å²) in [5.41, 5.74) is 7.01. The number of rotatable bonds is 4. The molecule has 3 nitrogen and oxygen atoms in total. The predicted molar refractivity (Wildman–Crippen MR) is 70.2 cm³/mol. The maximum Gasteiger partial charge on any atom is 0.115 e. The van der Waals surface area contributed by atoms with E-state index >= 15 is 0 Å². The number of hydrogen-bond donors (Lipinski definition) is 2. The number of nitrogens with two attached hydrogens (primary N) is 1. The minimum absolute atomic E-state index is 0.333. The summed E-state index contributed by atoms with van der Waals surface area (Å²) in [6.45, 7) is 4.03. The van der Waals surface area contributed by atoms with Crippen LogP contribution in [0.5, 0.6) is 5.75 Å². The molecule has 1 unspecified atom stereocenters. The molecule has 0 aromatic heterocycles. The number of phenolic OH excluding ortho intramolecular Hbond substituents is 1. The molecule has 1 aliphatic rings. The molecule has 0 bridgehead atoms. The number of benzene rings is 1. The Hall–Kier alpha value is -1.06. The van der Waals surface area contributed by atoms with Crippen LogP contribution < -0.4 is 5.73 Å². The monoisotopic (exact) mass is 234 g/mol. The first kappa shape index (κ1) is 12.4. The zero-order valence-corrected chi connectivity index (χ0v) is 10.3.